The maximum atomic E-state index is 16.2. The number of halogens is 1. The Kier molecular flexibility index (Phi) is 20.7. The molecule has 2 aromatic carbocycles. The number of ether oxygens (including phenoxy) is 7. The molecule has 0 unspecified atom stereocenters. The van der Waals surface area contributed by atoms with Crippen molar-refractivity contribution in [3.8, 4) is 16.9 Å². The fourth-order valence-corrected chi connectivity index (χ4v) is 8.75. The molecule has 0 bridgehead atoms. The number of carbonyl (C=O) groups is 6. The third-order valence-electron chi connectivity index (χ3n) is 12.7. The molecule has 0 heterocycles. The minimum atomic E-state index is -1.72. The van der Waals surface area contributed by atoms with Crippen molar-refractivity contribution in [2.24, 2.45) is 23.2 Å². The number of unbranched alkanes of at least 4 members (excludes halogenated alkanes) is 2. The van der Waals surface area contributed by atoms with Crippen LogP contribution < -0.4 is 4.74 Å². The summed E-state index contributed by atoms with van der Waals surface area (Å²) in [6.45, 7) is 9.89. The zero-order valence-corrected chi connectivity index (χ0v) is 38.8. The molecule has 4 rings (SSSR count). The quantitative estimate of drug-likeness (QED) is 0.0361. The fraction of sp³-hybridized carbons (Fsp3) is 0.569. The Bertz CT molecular complexity index is 1960. The summed E-state index contributed by atoms with van der Waals surface area (Å²) in [5.41, 5.74) is 1.04. The average Bonchev–Trinajstić information content (AvgIpc) is 3.31. The first-order valence-corrected chi connectivity index (χ1v) is 22.8. The minimum Gasteiger partial charge on any atom is -0.492 e. The molecule has 0 aliphatic heterocycles. The molecule has 2 aliphatic rings. The van der Waals surface area contributed by atoms with Gasteiger partial charge in [-0.05, 0) is 124 Å². The molecule has 65 heavy (non-hydrogen) atoms. The smallest absolute Gasteiger partial charge is 0.417 e. The van der Waals surface area contributed by atoms with Gasteiger partial charge in [-0.15, -0.1) is 0 Å². The van der Waals surface area contributed by atoms with E-state index in [1.807, 2.05) is 6.07 Å². The Morgan fingerprint density at radius 1 is 0.646 bits per heavy atom. The Labute approximate surface area is 382 Å². The average molecular weight is 907 g/mol. The monoisotopic (exact) mass is 906 g/mol. The Balaban J connectivity index is 1.56. The highest BCUT2D eigenvalue weighted by Gasteiger charge is 2.39. The summed E-state index contributed by atoms with van der Waals surface area (Å²) in [7, 11) is 1.95. The molecule has 2 saturated carbocycles. The SMILES string of the molecule is C=C(C)C(=O)OCCCc1cc(-c2ccc(C3CCC(C4CCC(CCCCC)CC4)CC3)cc2F)ccc1OCC(COC(=O)C(=C)C)(COC(=O)C(=O)OC)COC(=O)C(=O)OC. The number of hydrogen-bond donors (Lipinski definition) is 0. The lowest BCUT2D eigenvalue weighted by Crippen LogP contribution is -2.45. The molecule has 356 valence electrons. The van der Waals surface area contributed by atoms with Gasteiger partial charge in [0.1, 0.15) is 43.4 Å². The summed E-state index contributed by atoms with van der Waals surface area (Å²) in [6, 6.07) is 10.5. The van der Waals surface area contributed by atoms with Gasteiger partial charge >= 0.3 is 35.8 Å². The maximum Gasteiger partial charge on any atom is 0.417 e. The first-order valence-electron chi connectivity index (χ1n) is 22.8. The zero-order valence-electron chi connectivity index (χ0n) is 38.8. The fourth-order valence-electron chi connectivity index (χ4n) is 8.75. The van der Waals surface area contributed by atoms with Crippen molar-refractivity contribution in [2.75, 3.05) is 47.3 Å². The molecule has 14 heteroatoms. The van der Waals surface area contributed by atoms with Gasteiger partial charge in [-0.1, -0.05) is 76.8 Å². The van der Waals surface area contributed by atoms with Crippen LogP contribution in [0.15, 0.2) is 60.7 Å². The van der Waals surface area contributed by atoms with Crippen LogP contribution in [0.25, 0.3) is 11.1 Å². The summed E-state index contributed by atoms with van der Waals surface area (Å²) in [5, 5.41) is 0. The summed E-state index contributed by atoms with van der Waals surface area (Å²) in [5.74, 6) is -4.22. The van der Waals surface area contributed by atoms with E-state index >= 15 is 4.39 Å². The standard InChI is InChI=1S/C51H67FO13/c1-8-9-10-12-35-14-16-36(17-15-35)37-18-20-38(21-19-37)39-22-24-42(43(52)28-39)40-23-25-44(41(27-40)13-11-26-61-45(53)33(2)3)62-29-51(30-63-46(54)34(4)5,31-64-49(57)47(55)59-6)32-65-50(58)48(56)60-7/h22-25,27-28,35-38H,2,4,8-21,26,29-32H2,1,3,5-7H3. The highest BCUT2D eigenvalue weighted by Crippen LogP contribution is 2.45. The molecule has 0 aromatic heterocycles. The normalized spacial score (nSPS) is 18.4. The second-order valence-electron chi connectivity index (χ2n) is 17.8. The van der Waals surface area contributed by atoms with Crippen molar-refractivity contribution >= 4 is 35.8 Å². The van der Waals surface area contributed by atoms with Crippen LogP contribution in [0.4, 0.5) is 4.39 Å². The van der Waals surface area contributed by atoms with Crippen molar-refractivity contribution < 1.29 is 66.3 Å². The van der Waals surface area contributed by atoms with E-state index in [1.54, 1.807) is 30.3 Å². The summed E-state index contributed by atoms with van der Waals surface area (Å²) >= 11 is 0. The van der Waals surface area contributed by atoms with Gasteiger partial charge in [0, 0.05) is 16.7 Å². The first-order chi connectivity index (χ1) is 31.1. The highest BCUT2D eigenvalue weighted by molar-refractivity contribution is 6.30. The molecule has 0 radical (unpaired) electrons. The molecule has 0 spiro atoms. The predicted octanol–water partition coefficient (Wildman–Crippen LogP) is 9.12. The lowest BCUT2D eigenvalue weighted by atomic mass is 9.68. The van der Waals surface area contributed by atoms with E-state index in [0.29, 0.717) is 29.0 Å². The van der Waals surface area contributed by atoms with Gasteiger partial charge in [0.15, 0.2) is 0 Å². The minimum absolute atomic E-state index is 0.0245. The Hall–Kier alpha value is -5.53. The third kappa shape index (κ3) is 15.8. The van der Waals surface area contributed by atoms with Crippen LogP contribution in [0.2, 0.25) is 0 Å². The second-order valence-corrected chi connectivity index (χ2v) is 17.8. The van der Waals surface area contributed by atoms with E-state index in [1.165, 1.54) is 78.1 Å². The lowest BCUT2D eigenvalue weighted by molar-refractivity contribution is -0.177. The predicted molar refractivity (Wildman–Crippen MR) is 240 cm³/mol. The van der Waals surface area contributed by atoms with Crippen LogP contribution in [-0.2, 0) is 63.6 Å². The van der Waals surface area contributed by atoms with E-state index < -0.39 is 67.7 Å². The Morgan fingerprint density at radius 3 is 1.74 bits per heavy atom. The number of benzene rings is 2. The molecule has 2 fully saturated rings. The number of aryl methyl sites for hydroxylation is 1. The van der Waals surface area contributed by atoms with Crippen LogP contribution >= 0.6 is 0 Å². The van der Waals surface area contributed by atoms with Crippen LogP contribution in [-0.4, -0.2) is 83.1 Å². The number of methoxy groups -OCH3 is 2. The van der Waals surface area contributed by atoms with Gasteiger partial charge in [0.05, 0.1) is 20.8 Å². The molecular weight excluding hydrogens is 840 g/mol. The largest absolute Gasteiger partial charge is 0.492 e. The highest BCUT2D eigenvalue weighted by atomic mass is 19.1. The number of rotatable bonds is 22. The summed E-state index contributed by atoms with van der Waals surface area (Å²) in [6.07, 6.45) is 15.8. The number of carbonyl (C=O) groups excluding carboxylic acids is 6. The van der Waals surface area contributed by atoms with E-state index in [9.17, 15) is 28.8 Å². The number of esters is 6. The zero-order chi connectivity index (χ0) is 47.5. The molecule has 2 aliphatic carbocycles. The molecule has 0 amide bonds. The summed E-state index contributed by atoms with van der Waals surface area (Å²) in [4.78, 5) is 73.5. The molecule has 0 saturated heterocycles. The van der Waals surface area contributed by atoms with Gasteiger partial charge in [-0.3, -0.25) is 0 Å². The van der Waals surface area contributed by atoms with E-state index in [2.05, 4.69) is 29.6 Å². The van der Waals surface area contributed by atoms with Gasteiger partial charge in [0.25, 0.3) is 0 Å². The number of hydrogen-bond acceptors (Lipinski definition) is 13. The van der Waals surface area contributed by atoms with Gasteiger partial charge in [0.2, 0.25) is 0 Å². The van der Waals surface area contributed by atoms with E-state index in [0.717, 1.165) is 50.4 Å². The van der Waals surface area contributed by atoms with E-state index in [4.69, 9.17) is 23.7 Å². The van der Waals surface area contributed by atoms with Crippen molar-refractivity contribution in [3.63, 3.8) is 0 Å². The van der Waals surface area contributed by atoms with Crippen molar-refractivity contribution in [2.45, 2.75) is 117 Å². The molecule has 0 N–H and O–H groups in total. The van der Waals surface area contributed by atoms with Crippen molar-refractivity contribution in [1.29, 1.82) is 0 Å². The molecule has 13 nitrogen and oxygen atoms in total. The lowest BCUT2D eigenvalue weighted by Gasteiger charge is -2.38. The van der Waals surface area contributed by atoms with Gasteiger partial charge < -0.3 is 33.2 Å². The van der Waals surface area contributed by atoms with E-state index in [-0.39, 0.29) is 35.7 Å². The van der Waals surface area contributed by atoms with Crippen LogP contribution in [0.3, 0.4) is 0 Å². The van der Waals surface area contributed by atoms with Crippen LogP contribution in [0, 0.1) is 29.0 Å². The topological polar surface area (TPSA) is 167 Å². The van der Waals surface area contributed by atoms with Crippen molar-refractivity contribution in [1.82, 2.24) is 0 Å². The Morgan fingerprint density at radius 2 is 1.20 bits per heavy atom. The molecule has 0 atom stereocenters. The van der Waals surface area contributed by atoms with Crippen LogP contribution in [0.1, 0.15) is 121 Å². The third-order valence-corrected chi connectivity index (χ3v) is 12.7. The maximum absolute atomic E-state index is 16.2. The van der Waals surface area contributed by atoms with Crippen molar-refractivity contribution in [3.05, 3.63) is 77.6 Å². The van der Waals surface area contributed by atoms with Gasteiger partial charge in [-0.2, -0.15) is 0 Å². The first kappa shape index (κ1) is 52.1. The second kappa shape index (κ2) is 25.8. The molecular formula is C51H67FO13. The molecule has 2 aromatic rings. The summed E-state index contributed by atoms with van der Waals surface area (Å²) < 4.78 is 52.5. The van der Waals surface area contributed by atoms with Crippen LogP contribution in [0.5, 0.6) is 5.75 Å². The van der Waals surface area contributed by atoms with Gasteiger partial charge in [-0.25, -0.2) is 33.2 Å².